The molecule has 1 aromatic carbocycles. The second-order valence-electron chi connectivity index (χ2n) is 10.7. The summed E-state index contributed by atoms with van der Waals surface area (Å²) in [5.74, 6) is -0.239. The number of benzene rings is 1. The standard InChI is InChI=1S/C26H31F3N6O4/c27-26(28,29)17-3-4-19-20(13-17)31-24(32-21(19)30-18-14-25(15-18)16-38-11-12-39-25)35-9-7-34(8-10-35)23(37)22(36)33-5-1-2-6-33/h3-4,13,18H,1-2,5-12,14-16H2,(H,30,31,32). The molecule has 0 bridgehead atoms. The number of rotatable bonds is 3. The van der Waals surface area contributed by atoms with E-state index in [1.54, 1.807) is 4.90 Å². The fourth-order valence-electron chi connectivity index (χ4n) is 5.83. The Balaban J connectivity index is 1.21. The lowest BCUT2D eigenvalue weighted by Gasteiger charge is -2.49. The van der Waals surface area contributed by atoms with Crippen molar-refractivity contribution < 1.29 is 32.2 Å². The van der Waals surface area contributed by atoms with E-state index in [4.69, 9.17) is 14.5 Å². The van der Waals surface area contributed by atoms with Crippen LogP contribution in [0.1, 0.15) is 31.2 Å². The number of piperazine rings is 1. The monoisotopic (exact) mass is 548 g/mol. The third kappa shape index (κ3) is 5.21. The molecule has 2 aromatic rings. The number of carbonyl (C=O) groups is 2. The zero-order valence-corrected chi connectivity index (χ0v) is 21.5. The Labute approximate surface area is 223 Å². The molecule has 1 saturated carbocycles. The van der Waals surface area contributed by atoms with Gasteiger partial charge < -0.3 is 29.5 Å². The summed E-state index contributed by atoms with van der Waals surface area (Å²) in [7, 11) is 0. The lowest BCUT2D eigenvalue weighted by atomic mass is 9.75. The number of anilines is 2. The van der Waals surface area contributed by atoms with Gasteiger partial charge >= 0.3 is 18.0 Å². The highest BCUT2D eigenvalue weighted by atomic mass is 19.4. The summed E-state index contributed by atoms with van der Waals surface area (Å²) in [6.45, 7) is 4.18. The van der Waals surface area contributed by atoms with E-state index in [-0.39, 0.29) is 23.1 Å². The maximum Gasteiger partial charge on any atom is 0.416 e. The van der Waals surface area contributed by atoms with Crippen LogP contribution in [-0.2, 0) is 25.2 Å². The van der Waals surface area contributed by atoms with Gasteiger partial charge in [0.25, 0.3) is 0 Å². The number of hydrogen-bond acceptors (Lipinski definition) is 8. The highest BCUT2D eigenvalue weighted by Crippen LogP contribution is 2.40. The molecule has 4 aliphatic rings. The van der Waals surface area contributed by atoms with E-state index in [0.717, 1.165) is 25.0 Å². The Morgan fingerprint density at radius 3 is 2.28 bits per heavy atom. The lowest BCUT2D eigenvalue weighted by Crippen LogP contribution is -2.57. The van der Waals surface area contributed by atoms with Crippen LogP contribution in [0.4, 0.5) is 24.9 Å². The number of aromatic nitrogens is 2. The van der Waals surface area contributed by atoms with E-state index >= 15 is 0 Å². The highest BCUT2D eigenvalue weighted by molar-refractivity contribution is 6.35. The van der Waals surface area contributed by atoms with Crippen molar-refractivity contribution in [3.63, 3.8) is 0 Å². The van der Waals surface area contributed by atoms with Crippen LogP contribution in [0.2, 0.25) is 0 Å². The quantitative estimate of drug-likeness (QED) is 0.584. The molecule has 4 heterocycles. The van der Waals surface area contributed by atoms with Crippen LogP contribution in [0.5, 0.6) is 0 Å². The van der Waals surface area contributed by atoms with Gasteiger partial charge in [0.15, 0.2) is 0 Å². The minimum Gasteiger partial charge on any atom is -0.376 e. The second kappa shape index (κ2) is 10.1. The zero-order chi connectivity index (χ0) is 27.2. The topological polar surface area (TPSA) is 100 Å². The van der Waals surface area contributed by atoms with E-state index in [2.05, 4.69) is 10.3 Å². The summed E-state index contributed by atoms with van der Waals surface area (Å²) in [5.41, 5.74) is -0.913. The summed E-state index contributed by atoms with van der Waals surface area (Å²) in [6, 6.07) is 3.52. The summed E-state index contributed by atoms with van der Waals surface area (Å²) in [6.07, 6.45) is -1.28. The van der Waals surface area contributed by atoms with Crippen LogP contribution < -0.4 is 10.2 Å². The molecule has 6 rings (SSSR count). The summed E-state index contributed by atoms with van der Waals surface area (Å²) >= 11 is 0. The van der Waals surface area contributed by atoms with E-state index in [1.165, 1.54) is 11.0 Å². The van der Waals surface area contributed by atoms with Gasteiger partial charge in [-0.25, -0.2) is 4.98 Å². The highest BCUT2D eigenvalue weighted by Gasteiger charge is 2.47. The number of amides is 2. The molecule has 39 heavy (non-hydrogen) atoms. The van der Waals surface area contributed by atoms with Crippen LogP contribution in [0, 0.1) is 0 Å². The number of alkyl halides is 3. The van der Waals surface area contributed by atoms with E-state index < -0.39 is 23.6 Å². The number of likely N-dealkylation sites (tertiary alicyclic amines) is 1. The minimum atomic E-state index is -4.50. The molecule has 1 N–H and O–H groups in total. The Bertz CT molecular complexity index is 1250. The van der Waals surface area contributed by atoms with Gasteiger partial charge in [-0.1, -0.05) is 0 Å². The van der Waals surface area contributed by atoms with Gasteiger partial charge in [0.2, 0.25) is 5.95 Å². The third-order valence-electron chi connectivity index (χ3n) is 8.02. The third-order valence-corrected chi connectivity index (χ3v) is 8.02. The van der Waals surface area contributed by atoms with Crippen LogP contribution in [0.15, 0.2) is 18.2 Å². The molecular formula is C26H31F3N6O4. The first-order valence-electron chi connectivity index (χ1n) is 13.4. The largest absolute Gasteiger partial charge is 0.416 e. The van der Waals surface area contributed by atoms with Crippen molar-refractivity contribution in [2.45, 2.75) is 43.5 Å². The van der Waals surface area contributed by atoms with Crippen molar-refractivity contribution in [3.05, 3.63) is 23.8 Å². The number of ether oxygens (including phenoxy) is 2. The molecular weight excluding hydrogens is 517 g/mol. The minimum absolute atomic E-state index is 0.0333. The molecule has 4 fully saturated rings. The first kappa shape index (κ1) is 26.1. The summed E-state index contributed by atoms with van der Waals surface area (Å²) < 4.78 is 51.9. The Kier molecular flexibility index (Phi) is 6.74. The molecule has 0 atom stereocenters. The van der Waals surface area contributed by atoms with Gasteiger partial charge in [0.05, 0.1) is 36.5 Å². The molecule has 13 heteroatoms. The predicted molar refractivity (Wildman–Crippen MR) is 135 cm³/mol. The number of fused-ring (bicyclic) bond motifs is 1. The predicted octanol–water partition coefficient (Wildman–Crippen LogP) is 2.28. The Morgan fingerprint density at radius 1 is 0.949 bits per heavy atom. The molecule has 1 spiro atoms. The van der Waals surface area contributed by atoms with Gasteiger partial charge in [-0.15, -0.1) is 0 Å². The van der Waals surface area contributed by atoms with Crippen molar-refractivity contribution in [2.75, 3.05) is 69.3 Å². The van der Waals surface area contributed by atoms with Crippen LogP contribution in [0.3, 0.4) is 0 Å². The van der Waals surface area contributed by atoms with Crippen molar-refractivity contribution >= 4 is 34.5 Å². The van der Waals surface area contributed by atoms with Crippen molar-refractivity contribution in [1.82, 2.24) is 19.8 Å². The van der Waals surface area contributed by atoms with Gasteiger partial charge in [0.1, 0.15) is 5.82 Å². The van der Waals surface area contributed by atoms with E-state index in [0.29, 0.717) is 83.1 Å². The van der Waals surface area contributed by atoms with Crippen molar-refractivity contribution in [2.24, 2.45) is 0 Å². The number of nitrogens with zero attached hydrogens (tertiary/aromatic N) is 5. The SMILES string of the molecule is O=C(C(=O)N1CCN(c2nc(NC3CC4(COCCO4)C3)c3ccc(C(F)(F)F)cc3n2)CC1)N1CCCC1. The lowest BCUT2D eigenvalue weighted by molar-refractivity contribution is -0.194. The van der Waals surface area contributed by atoms with Crippen LogP contribution >= 0.6 is 0 Å². The zero-order valence-electron chi connectivity index (χ0n) is 21.5. The van der Waals surface area contributed by atoms with Gasteiger partial charge in [-0.2, -0.15) is 18.2 Å². The molecule has 210 valence electrons. The van der Waals surface area contributed by atoms with E-state index in [1.807, 2.05) is 4.90 Å². The maximum absolute atomic E-state index is 13.5. The molecule has 1 aliphatic carbocycles. The molecule has 0 unspecified atom stereocenters. The number of nitrogens with one attached hydrogen (secondary N) is 1. The average molecular weight is 549 g/mol. The Morgan fingerprint density at radius 2 is 1.64 bits per heavy atom. The fourth-order valence-corrected chi connectivity index (χ4v) is 5.83. The molecule has 1 aromatic heterocycles. The molecule has 2 amide bonds. The van der Waals surface area contributed by atoms with Crippen LogP contribution in [-0.4, -0.2) is 102 Å². The fraction of sp³-hybridized carbons (Fsp3) is 0.615. The molecule has 10 nitrogen and oxygen atoms in total. The number of hydrogen-bond donors (Lipinski definition) is 1. The van der Waals surface area contributed by atoms with Crippen molar-refractivity contribution in [1.29, 1.82) is 0 Å². The normalized spacial score (nSPS) is 25.7. The molecule has 3 aliphatic heterocycles. The second-order valence-corrected chi connectivity index (χ2v) is 10.7. The summed E-state index contributed by atoms with van der Waals surface area (Å²) in [5, 5.41) is 3.89. The van der Waals surface area contributed by atoms with Crippen LogP contribution in [0.25, 0.3) is 10.9 Å². The summed E-state index contributed by atoms with van der Waals surface area (Å²) in [4.78, 5) is 39.4. The average Bonchev–Trinajstić information content (AvgIpc) is 3.46. The molecule has 3 saturated heterocycles. The number of carbonyl (C=O) groups excluding carboxylic acids is 2. The first-order valence-corrected chi connectivity index (χ1v) is 13.4. The molecule has 0 radical (unpaired) electrons. The van der Waals surface area contributed by atoms with Crippen molar-refractivity contribution in [3.8, 4) is 0 Å². The van der Waals surface area contributed by atoms with E-state index in [9.17, 15) is 22.8 Å². The Hall–Kier alpha value is -3.19. The van der Waals surface area contributed by atoms with Gasteiger partial charge in [-0.3, -0.25) is 9.59 Å². The first-order chi connectivity index (χ1) is 18.7. The van der Waals surface area contributed by atoms with Gasteiger partial charge in [0, 0.05) is 50.7 Å². The smallest absolute Gasteiger partial charge is 0.376 e. The number of halogens is 3. The van der Waals surface area contributed by atoms with Gasteiger partial charge in [-0.05, 0) is 43.9 Å². The maximum atomic E-state index is 13.5.